The smallest absolute Gasteiger partial charge is 0.333 e. The van der Waals surface area contributed by atoms with Gasteiger partial charge in [-0.2, -0.15) is 0 Å². The summed E-state index contributed by atoms with van der Waals surface area (Å²) in [5.41, 5.74) is 6.09. The zero-order valence-electron chi connectivity index (χ0n) is 20.1. The van der Waals surface area contributed by atoms with Gasteiger partial charge < -0.3 is 9.64 Å². The highest BCUT2D eigenvalue weighted by molar-refractivity contribution is 6.13. The largest absolute Gasteiger partial charge is 0.495 e. The van der Waals surface area contributed by atoms with Crippen molar-refractivity contribution in [2.45, 2.75) is 0 Å². The number of hydrogen-bond donors (Lipinski definition) is 0. The van der Waals surface area contributed by atoms with Gasteiger partial charge in [0.1, 0.15) is 5.75 Å². The average molecular weight is 501 g/mol. The van der Waals surface area contributed by atoms with Crippen LogP contribution >= 0.6 is 11.8 Å². The van der Waals surface area contributed by atoms with Crippen molar-refractivity contribution < 1.29 is 4.74 Å². The monoisotopic (exact) mass is 500 g/mol. The van der Waals surface area contributed by atoms with Gasteiger partial charge in [-0.25, -0.2) is 9.21 Å². The molecule has 0 unspecified atom stereocenters. The highest BCUT2D eigenvalue weighted by Gasteiger charge is 2.19. The maximum absolute atomic E-state index is 13.5. The summed E-state index contributed by atoms with van der Waals surface area (Å²) in [4.78, 5) is 24.8. The maximum Gasteiger partial charge on any atom is 0.333 e. The van der Waals surface area contributed by atoms with E-state index in [1.54, 1.807) is 41.9 Å². The summed E-state index contributed by atoms with van der Waals surface area (Å²) in [6.45, 7) is 3.25. The number of aromatic nitrogens is 4. The molecule has 0 atom stereocenters. The van der Waals surface area contributed by atoms with E-state index in [4.69, 9.17) is 16.5 Å². The first-order valence-corrected chi connectivity index (χ1v) is 12.1. The summed E-state index contributed by atoms with van der Waals surface area (Å²) in [7, 11) is 3.41. The second-order valence-electron chi connectivity index (χ2n) is 8.93. The molecule has 9 heteroatoms. The Balaban J connectivity index is 1.55. The number of hydrogen-bond acceptors (Lipinski definition) is 6. The molecule has 4 heterocycles. The summed E-state index contributed by atoms with van der Waals surface area (Å²) >= 11 is 6.16. The number of imidazole rings is 1. The molecule has 1 aliphatic rings. The number of anilines is 1. The van der Waals surface area contributed by atoms with E-state index in [0.717, 1.165) is 70.6 Å². The minimum Gasteiger partial charge on any atom is -0.495 e. The van der Waals surface area contributed by atoms with Crippen LogP contribution in [0.5, 0.6) is 5.75 Å². The average Bonchev–Trinajstić information content (AvgIpc) is 3.19. The molecule has 0 bridgehead atoms. The second-order valence-corrected chi connectivity index (χ2v) is 9.41. The van der Waals surface area contributed by atoms with Crippen LogP contribution in [0.3, 0.4) is 0 Å². The molecule has 2 aromatic carbocycles. The molecule has 5 aromatic rings. The fourth-order valence-electron chi connectivity index (χ4n) is 4.87. The van der Waals surface area contributed by atoms with Crippen LogP contribution in [-0.2, 0) is 7.05 Å². The first-order chi connectivity index (χ1) is 17.5. The predicted octanol–water partition coefficient (Wildman–Crippen LogP) is 4.22. The predicted molar refractivity (Wildman–Crippen MR) is 143 cm³/mol. The Morgan fingerprint density at radius 2 is 1.72 bits per heavy atom. The maximum atomic E-state index is 13.5. The van der Waals surface area contributed by atoms with Gasteiger partial charge in [0.05, 0.1) is 41.7 Å². The standard InChI is InChI=1S/C27H25ClN6O2/c1-31-25-17-30-24-7-6-18(19-12-22(36-2)16-29-15-19)13-23(24)26(25)34(27(31)35)21-5-3-4-20(14-21)32-8-10-33(28)11-9-32/h3-7,12-17H,8-11H2,1-2H3. The number of rotatable bonds is 4. The molecule has 0 N–H and O–H groups in total. The summed E-state index contributed by atoms with van der Waals surface area (Å²) < 4.78 is 10.6. The van der Waals surface area contributed by atoms with Crippen LogP contribution in [0.2, 0.25) is 0 Å². The molecule has 0 amide bonds. The summed E-state index contributed by atoms with van der Waals surface area (Å²) in [6, 6.07) is 16.1. The van der Waals surface area contributed by atoms with Gasteiger partial charge >= 0.3 is 5.69 Å². The van der Waals surface area contributed by atoms with Crippen LogP contribution < -0.4 is 15.3 Å². The fraction of sp³-hybridized carbons (Fsp3) is 0.222. The Kier molecular flexibility index (Phi) is 5.62. The lowest BCUT2D eigenvalue weighted by Crippen LogP contribution is -2.42. The van der Waals surface area contributed by atoms with Crippen LogP contribution in [0.15, 0.2) is 71.9 Å². The Bertz CT molecular complexity index is 1650. The van der Waals surface area contributed by atoms with Crippen molar-refractivity contribution in [1.29, 1.82) is 0 Å². The molecule has 0 radical (unpaired) electrons. The number of aryl methyl sites for hydroxylation is 1. The number of pyridine rings is 2. The van der Waals surface area contributed by atoms with Crippen LogP contribution in [0.4, 0.5) is 5.69 Å². The zero-order chi connectivity index (χ0) is 24.8. The quantitative estimate of drug-likeness (QED) is 0.344. The van der Waals surface area contributed by atoms with Crippen molar-refractivity contribution in [2.24, 2.45) is 7.05 Å². The van der Waals surface area contributed by atoms with Gasteiger partial charge in [-0.3, -0.25) is 19.1 Å². The molecule has 182 valence electrons. The number of benzene rings is 2. The van der Waals surface area contributed by atoms with Gasteiger partial charge in [-0.1, -0.05) is 12.1 Å². The third-order valence-electron chi connectivity index (χ3n) is 6.84. The lowest BCUT2D eigenvalue weighted by Gasteiger charge is -2.32. The molecule has 0 aliphatic carbocycles. The van der Waals surface area contributed by atoms with Crippen LogP contribution in [0, 0.1) is 0 Å². The van der Waals surface area contributed by atoms with Crippen molar-refractivity contribution in [2.75, 3.05) is 38.2 Å². The minimum absolute atomic E-state index is 0.115. The molecule has 1 fully saturated rings. The molecule has 6 rings (SSSR count). The molecular formula is C27H25ClN6O2. The van der Waals surface area contributed by atoms with Crippen molar-refractivity contribution in [3.63, 3.8) is 0 Å². The SMILES string of the molecule is COc1cncc(-c2ccc3ncc4c(c3c2)n(-c2cccc(N3CCN(Cl)CC3)c2)c(=O)n4C)c1. The summed E-state index contributed by atoms with van der Waals surface area (Å²) in [5, 5.41) is 0.895. The Morgan fingerprint density at radius 1 is 0.917 bits per heavy atom. The van der Waals surface area contributed by atoms with Crippen molar-refractivity contribution >= 4 is 39.4 Å². The highest BCUT2D eigenvalue weighted by Crippen LogP contribution is 2.31. The number of halogens is 1. The molecular weight excluding hydrogens is 476 g/mol. The molecule has 36 heavy (non-hydrogen) atoms. The van der Waals surface area contributed by atoms with Gasteiger partial charge in [0.25, 0.3) is 0 Å². The van der Waals surface area contributed by atoms with E-state index in [1.807, 2.05) is 34.8 Å². The number of methoxy groups -OCH3 is 1. The van der Waals surface area contributed by atoms with Crippen molar-refractivity contribution in [3.05, 3.63) is 77.6 Å². The number of piperazine rings is 1. The van der Waals surface area contributed by atoms with E-state index in [9.17, 15) is 4.79 Å². The second kappa shape index (κ2) is 8.96. The van der Waals surface area contributed by atoms with Crippen LogP contribution in [0.25, 0.3) is 38.8 Å². The lowest BCUT2D eigenvalue weighted by atomic mass is 10.0. The van der Waals surface area contributed by atoms with Crippen molar-refractivity contribution in [1.82, 2.24) is 23.5 Å². The van der Waals surface area contributed by atoms with Gasteiger partial charge in [0.2, 0.25) is 0 Å². The normalized spacial score (nSPS) is 14.6. The highest BCUT2D eigenvalue weighted by atomic mass is 35.5. The summed E-state index contributed by atoms with van der Waals surface area (Å²) in [6.07, 6.45) is 5.25. The first-order valence-electron chi connectivity index (χ1n) is 11.8. The van der Waals surface area contributed by atoms with E-state index < -0.39 is 0 Å². The molecule has 3 aromatic heterocycles. The van der Waals surface area contributed by atoms with E-state index in [2.05, 4.69) is 33.1 Å². The van der Waals surface area contributed by atoms with E-state index in [0.29, 0.717) is 5.75 Å². The van der Waals surface area contributed by atoms with Gasteiger partial charge in [0, 0.05) is 56.1 Å². The first kappa shape index (κ1) is 22.6. The topological polar surface area (TPSA) is 68.4 Å². The Hall–Kier alpha value is -3.88. The van der Waals surface area contributed by atoms with Crippen LogP contribution in [-0.4, -0.2) is 56.8 Å². The number of fused-ring (bicyclic) bond motifs is 3. The Morgan fingerprint density at radius 3 is 2.53 bits per heavy atom. The molecule has 8 nitrogen and oxygen atoms in total. The molecule has 1 aliphatic heterocycles. The molecule has 0 spiro atoms. The number of ether oxygens (including phenoxy) is 1. The fourth-order valence-corrected chi connectivity index (χ4v) is 5.02. The van der Waals surface area contributed by atoms with Gasteiger partial charge in [-0.05, 0) is 53.7 Å². The Labute approximate surface area is 213 Å². The van der Waals surface area contributed by atoms with Gasteiger partial charge in [0.15, 0.2) is 0 Å². The zero-order valence-corrected chi connectivity index (χ0v) is 20.8. The lowest BCUT2D eigenvalue weighted by molar-refractivity contribution is 0.413. The number of nitrogens with zero attached hydrogens (tertiary/aromatic N) is 6. The summed E-state index contributed by atoms with van der Waals surface area (Å²) in [5.74, 6) is 0.687. The minimum atomic E-state index is -0.115. The third-order valence-corrected chi connectivity index (χ3v) is 7.18. The van der Waals surface area contributed by atoms with Gasteiger partial charge in [-0.15, -0.1) is 0 Å². The third kappa shape index (κ3) is 3.79. The van der Waals surface area contributed by atoms with Crippen LogP contribution in [0.1, 0.15) is 0 Å². The van der Waals surface area contributed by atoms with E-state index in [-0.39, 0.29) is 5.69 Å². The van der Waals surface area contributed by atoms with E-state index >= 15 is 0 Å². The van der Waals surface area contributed by atoms with Crippen molar-refractivity contribution in [3.8, 4) is 22.6 Å². The molecule has 1 saturated heterocycles. The molecule has 0 saturated carbocycles. The van der Waals surface area contributed by atoms with E-state index in [1.165, 1.54) is 0 Å².